The lowest BCUT2D eigenvalue weighted by Crippen LogP contribution is -2.28. The topological polar surface area (TPSA) is 84.5 Å². The standard InChI is InChI=1S/C16H15F3N2O4S/c1-26(23,24)21-15-5-2-10(6-14(15)19)8-20-16(22)9-25-11-3-4-12(17)13(18)7-11/h2-7,21H,8-9H2,1H3,(H,20,22). The highest BCUT2D eigenvalue weighted by atomic mass is 32.2. The molecule has 2 aromatic carbocycles. The number of halogens is 3. The van der Waals surface area contributed by atoms with E-state index >= 15 is 0 Å². The smallest absolute Gasteiger partial charge is 0.258 e. The van der Waals surface area contributed by atoms with E-state index < -0.39 is 40.0 Å². The van der Waals surface area contributed by atoms with E-state index in [0.717, 1.165) is 24.5 Å². The molecule has 26 heavy (non-hydrogen) atoms. The minimum absolute atomic E-state index is 0.0127. The van der Waals surface area contributed by atoms with Crippen LogP contribution in [-0.2, 0) is 21.4 Å². The summed E-state index contributed by atoms with van der Waals surface area (Å²) in [6.07, 6.45) is 0.896. The highest BCUT2D eigenvalue weighted by Gasteiger charge is 2.10. The third kappa shape index (κ3) is 5.96. The number of hydrogen-bond acceptors (Lipinski definition) is 4. The van der Waals surface area contributed by atoms with Gasteiger partial charge in [-0.2, -0.15) is 0 Å². The summed E-state index contributed by atoms with van der Waals surface area (Å²) in [5.41, 5.74) is 0.187. The number of ether oxygens (including phenoxy) is 1. The van der Waals surface area contributed by atoms with E-state index in [0.29, 0.717) is 5.56 Å². The van der Waals surface area contributed by atoms with Gasteiger partial charge in [0.1, 0.15) is 11.6 Å². The first-order chi connectivity index (χ1) is 12.1. The lowest BCUT2D eigenvalue weighted by Gasteiger charge is -2.10. The Kier molecular flexibility index (Phi) is 6.09. The van der Waals surface area contributed by atoms with E-state index in [9.17, 15) is 26.4 Å². The number of sulfonamides is 1. The fourth-order valence-corrected chi connectivity index (χ4v) is 2.48. The summed E-state index contributed by atoms with van der Waals surface area (Å²) in [4.78, 5) is 11.7. The molecule has 0 aliphatic carbocycles. The molecule has 0 spiro atoms. The van der Waals surface area contributed by atoms with Crippen LogP contribution < -0.4 is 14.8 Å². The molecule has 0 bridgehead atoms. The van der Waals surface area contributed by atoms with Crippen molar-refractivity contribution < 1.29 is 31.1 Å². The number of nitrogens with one attached hydrogen (secondary N) is 2. The first kappa shape index (κ1) is 19.6. The molecule has 0 aromatic heterocycles. The van der Waals surface area contributed by atoms with Crippen molar-refractivity contribution in [1.82, 2.24) is 5.32 Å². The molecule has 6 nitrogen and oxygen atoms in total. The number of amides is 1. The summed E-state index contributed by atoms with van der Waals surface area (Å²) < 4.78 is 68.8. The fraction of sp³-hybridized carbons (Fsp3) is 0.188. The number of hydrogen-bond donors (Lipinski definition) is 2. The summed E-state index contributed by atoms with van der Waals surface area (Å²) in [7, 11) is -3.60. The lowest BCUT2D eigenvalue weighted by atomic mass is 10.2. The Balaban J connectivity index is 1.87. The van der Waals surface area contributed by atoms with Gasteiger partial charge in [-0.25, -0.2) is 21.6 Å². The zero-order valence-electron chi connectivity index (χ0n) is 13.6. The van der Waals surface area contributed by atoms with Crippen LogP contribution in [0.1, 0.15) is 5.56 Å². The number of rotatable bonds is 7. The second-order valence-electron chi connectivity index (χ2n) is 5.33. The highest BCUT2D eigenvalue weighted by molar-refractivity contribution is 7.92. The van der Waals surface area contributed by atoms with E-state index in [1.165, 1.54) is 18.2 Å². The van der Waals surface area contributed by atoms with Crippen molar-refractivity contribution in [3.63, 3.8) is 0 Å². The average molecular weight is 388 g/mol. The molecule has 0 fully saturated rings. The molecule has 0 aliphatic rings. The molecule has 140 valence electrons. The maximum atomic E-state index is 13.8. The monoisotopic (exact) mass is 388 g/mol. The van der Waals surface area contributed by atoms with E-state index in [1.54, 1.807) is 0 Å². The van der Waals surface area contributed by atoms with Crippen LogP contribution in [0, 0.1) is 17.5 Å². The van der Waals surface area contributed by atoms with Crippen molar-refractivity contribution in [2.75, 3.05) is 17.6 Å². The van der Waals surface area contributed by atoms with Crippen LogP contribution in [-0.4, -0.2) is 27.2 Å². The second kappa shape index (κ2) is 8.09. The van der Waals surface area contributed by atoms with Crippen LogP contribution in [0.4, 0.5) is 18.9 Å². The summed E-state index contributed by atoms with van der Waals surface area (Å²) in [6.45, 7) is -0.475. The maximum Gasteiger partial charge on any atom is 0.258 e. The molecule has 10 heteroatoms. The van der Waals surface area contributed by atoms with E-state index in [2.05, 4.69) is 5.32 Å². The maximum absolute atomic E-state index is 13.8. The zero-order valence-corrected chi connectivity index (χ0v) is 14.4. The number of carbonyl (C=O) groups excluding carboxylic acids is 1. The predicted octanol–water partition coefficient (Wildman–Crippen LogP) is 2.17. The Morgan fingerprint density at radius 2 is 1.77 bits per heavy atom. The Hall–Kier alpha value is -2.75. The molecule has 0 atom stereocenters. The Morgan fingerprint density at radius 3 is 2.38 bits per heavy atom. The van der Waals surface area contributed by atoms with Crippen molar-refractivity contribution >= 4 is 21.6 Å². The van der Waals surface area contributed by atoms with Crippen molar-refractivity contribution in [2.45, 2.75) is 6.54 Å². The van der Waals surface area contributed by atoms with E-state index in [1.807, 2.05) is 4.72 Å². The molecule has 0 unspecified atom stereocenters. The number of anilines is 1. The summed E-state index contributed by atoms with van der Waals surface area (Å²) in [5, 5.41) is 2.45. The molecule has 1 amide bonds. The van der Waals surface area contributed by atoms with Gasteiger partial charge in [0.15, 0.2) is 18.2 Å². The molecular weight excluding hydrogens is 373 g/mol. The molecule has 2 N–H and O–H groups in total. The van der Waals surface area contributed by atoms with Crippen molar-refractivity contribution in [1.29, 1.82) is 0 Å². The van der Waals surface area contributed by atoms with Crippen molar-refractivity contribution in [3.05, 3.63) is 59.4 Å². The number of carbonyl (C=O) groups is 1. The Morgan fingerprint density at radius 1 is 1.04 bits per heavy atom. The van der Waals surface area contributed by atoms with Gasteiger partial charge in [-0.1, -0.05) is 6.07 Å². The van der Waals surface area contributed by atoms with Crippen LogP contribution in [0.3, 0.4) is 0 Å². The van der Waals surface area contributed by atoms with Gasteiger partial charge in [-0.15, -0.1) is 0 Å². The van der Waals surface area contributed by atoms with Crippen molar-refractivity contribution in [3.8, 4) is 5.75 Å². The Labute approximate surface area is 148 Å². The van der Waals surface area contributed by atoms with Crippen LogP contribution >= 0.6 is 0 Å². The van der Waals surface area contributed by atoms with Gasteiger partial charge < -0.3 is 10.1 Å². The summed E-state index contributed by atoms with van der Waals surface area (Å²) >= 11 is 0. The first-order valence-electron chi connectivity index (χ1n) is 7.25. The van der Waals surface area contributed by atoms with E-state index in [4.69, 9.17) is 4.74 Å². The first-order valence-corrected chi connectivity index (χ1v) is 9.14. The molecule has 0 aliphatic heterocycles. The van der Waals surface area contributed by atoms with Crippen molar-refractivity contribution in [2.24, 2.45) is 0 Å². The van der Waals surface area contributed by atoms with Gasteiger partial charge in [-0.3, -0.25) is 9.52 Å². The normalized spacial score (nSPS) is 11.1. The minimum atomic E-state index is -3.60. The predicted molar refractivity (Wildman–Crippen MR) is 88.6 cm³/mol. The number of benzene rings is 2. The van der Waals surface area contributed by atoms with Gasteiger partial charge in [0.25, 0.3) is 5.91 Å². The average Bonchev–Trinajstić information content (AvgIpc) is 2.55. The zero-order chi connectivity index (χ0) is 19.3. The Bertz CT molecular complexity index is 920. The molecule has 0 saturated carbocycles. The minimum Gasteiger partial charge on any atom is -0.484 e. The second-order valence-corrected chi connectivity index (χ2v) is 7.08. The SMILES string of the molecule is CS(=O)(=O)Nc1ccc(CNC(=O)COc2ccc(F)c(F)c2)cc1F. The molecular formula is C16H15F3N2O4S. The molecule has 0 saturated heterocycles. The molecule has 2 rings (SSSR count). The van der Waals surface area contributed by atoms with Gasteiger partial charge in [0.2, 0.25) is 10.0 Å². The van der Waals surface area contributed by atoms with Crippen LogP contribution in [0.5, 0.6) is 5.75 Å². The quantitative estimate of drug-likeness (QED) is 0.762. The van der Waals surface area contributed by atoms with Gasteiger partial charge in [0, 0.05) is 12.6 Å². The molecule has 0 heterocycles. The van der Waals surface area contributed by atoms with Crippen LogP contribution in [0.15, 0.2) is 36.4 Å². The summed E-state index contributed by atoms with van der Waals surface area (Å²) in [5.74, 6) is -3.49. The summed E-state index contributed by atoms with van der Waals surface area (Å²) in [6, 6.07) is 6.60. The highest BCUT2D eigenvalue weighted by Crippen LogP contribution is 2.17. The fourth-order valence-electron chi connectivity index (χ4n) is 1.92. The van der Waals surface area contributed by atoms with Gasteiger partial charge in [-0.05, 0) is 29.8 Å². The van der Waals surface area contributed by atoms with Gasteiger partial charge >= 0.3 is 0 Å². The molecule has 2 aromatic rings. The van der Waals surface area contributed by atoms with Gasteiger partial charge in [0.05, 0.1) is 11.9 Å². The third-order valence-corrected chi connectivity index (χ3v) is 3.67. The van der Waals surface area contributed by atoms with Crippen LogP contribution in [0.25, 0.3) is 0 Å². The lowest BCUT2D eigenvalue weighted by molar-refractivity contribution is -0.123. The third-order valence-electron chi connectivity index (χ3n) is 3.08. The van der Waals surface area contributed by atoms with E-state index in [-0.39, 0.29) is 18.0 Å². The molecule has 0 radical (unpaired) electrons. The van der Waals surface area contributed by atoms with Crippen LogP contribution in [0.2, 0.25) is 0 Å². The largest absolute Gasteiger partial charge is 0.484 e.